The van der Waals surface area contributed by atoms with Crippen LogP contribution in [0.2, 0.25) is 0 Å². The first kappa shape index (κ1) is 16.8. The quantitative estimate of drug-likeness (QED) is 0.541. The minimum atomic E-state index is 0.135. The molecule has 5 nitrogen and oxygen atoms in total. The molecule has 0 atom stereocenters. The van der Waals surface area contributed by atoms with E-state index in [1.165, 1.54) is 0 Å². The molecule has 0 aliphatic rings. The predicted molar refractivity (Wildman–Crippen MR) is 103 cm³/mol. The van der Waals surface area contributed by atoms with E-state index in [1.54, 1.807) is 11.3 Å². The Morgan fingerprint density at radius 1 is 1.12 bits per heavy atom. The van der Waals surface area contributed by atoms with Crippen LogP contribution in [0.5, 0.6) is 0 Å². The Balaban J connectivity index is 1.85. The normalized spacial score (nSPS) is 11.2. The number of oxazole rings is 1. The average molecular weight is 365 g/mol. The van der Waals surface area contributed by atoms with Gasteiger partial charge in [0.25, 0.3) is 0 Å². The highest BCUT2D eigenvalue weighted by atomic mass is 32.1. The van der Waals surface area contributed by atoms with Crippen molar-refractivity contribution in [2.24, 2.45) is 0 Å². The summed E-state index contributed by atoms with van der Waals surface area (Å²) in [5.41, 5.74) is 3.62. The lowest BCUT2D eigenvalue weighted by atomic mass is 10.1. The molecule has 6 heteroatoms. The molecular formula is C20H19N3O2S. The van der Waals surface area contributed by atoms with Crippen LogP contribution in [0.1, 0.15) is 12.2 Å². The first-order chi connectivity index (χ1) is 12.8. The zero-order valence-electron chi connectivity index (χ0n) is 14.4. The number of benzene rings is 1. The molecule has 0 bridgehead atoms. The van der Waals surface area contributed by atoms with Crippen molar-refractivity contribution in [1.82, 2.24) is 14.5 Å². The average Bonchev–Trinajstić information content (AvgIpc) is 3.40. The van der Waals surface area contributed by atoms with Gasteiger partial charge < -0.3 is 14.1 Å². The lowest BCUT2D eigenvalue weighted by molar-refractivity contribution is 0.280. The summed E-state index contributed by atoms with van der Waals surface area (Å²) in [6, 6.07) is 14.1. The molecule has 0 radical (unpaired) electrons. The number of hydrogen-bond acceptors (Lipinski definition) is 5. The van der Waals surface area contributed by atoms with Crippen LogP contribution in [-0.2, 0) is 6.54 Å². The number of aryl methyl sites for hydroxylation is 2. The molecule has 0 amide bonds. The molecule has 0 saturated heterocycles. The lowest BCUT2D eigenvalue weighted by Crippen LogP contribution is -2.02. The molecule has 0 spiro atoms. The van der Waals surface area contributed by atoms with Gasteiger partial charge in [-0.1, -0.05) is 36.4 Å². The Kier molecular flexibility index (Phi) is 4.69. The fraction of sp³-hybridized carbons (Fsp3) is 0.200. The third kappa shape index (κ3) is 3.09. The SMILES string of the molecule is Cc1oc(-c2cccs2)nc1-c1c(-c2ccccc2)ncn1CCCO. The third-order valence-corrected chi connectivity index (χ3v) is 5.05. The molecular weight excluding hydrogens is 346 g/mol. The van der Waals surface area contributed by atoms with E-state index in [4.69, 9.17) is 9.40 Å². The largest absolute Gasteiger partial charge is 0.440 e. The van der Waals surface area contributed by atoms with E-state index >= 15 is 0 Å². The van der Waals surface area contributed by atoms with E-state index in [9.17, 15) is 5.11 Å². The van der Waals surface area contributed by atoms with Crippen molar-refractivity contribution >= 4 is 11.3 Å². The number of nitrogens with zero attached hydrogens (tertiary/aromatic N) is 3. The van der Waals surface area contributed by atoms with Crippen molar-refractivity contribution < 1.29 is 9.52 Å². The molecule has 0 aliphatic carbocycles. The van der Waals surface area contributed by atoms with Gasteiger partial charge in [-0.3, -0.25) is 0 Å². The molecule has 132 valence electrons. The van der Waals surface area contributed by atoms with Crippen LogP contribution < -0.4 is 0 Å². The van der Waals surface area contributed by atoms with Gasteiger partial charge in [0.15, 0.2) is 0 Å². The second-order valence-electron chi connectivity index (χ2n) is 5.98. The summed E-state index contributed by atoms with van der Waals surface area (Å²) in [4.78, 5) is 10.4. The minimum absolute atomic E-state index is 0.135. The molecule has 0 fully saturated rings. The van der Waals surface area contributed by atoms with E-state index in [0.29, 0.717) is 18.9 Å². The molecule has 4 rings (SSSR count). The maximum absolute atomic E-state index is 9.23. The topological polar surface area (TPSA) is 64.1 Å². The van der Waals surface area contributed by atoms with Crippen LogP contribution >= 0.6 is 11.3 Å². The van der Waals surface area contributed by atoms with Crippen molar-refractivity contribution in [3.05, 3.63) is 59.9 Å². The molecule has 4 aromatic rings. The summed E-state index contributed by atoms with van der Waals surface area (Å²) in [5.74, 6) is 1.39. The predicted octanol–water partition coefficient (Wildman–Crippen LogP) is 4.62. The highest BCUT2D eigenvalue weighted by Crippen LogP contribution is 2.36. The summed E-state index contributed by atoms with van der Waals surface area (Å²) in [7, 11) is 0. The van der Waals surface area contributed by atoms with E-state index < -0.39 is 0 Å². The van der Waals surface area contributed by atoms with Gasteiger partial charge in [-0.25, -0.2) is 9.97 Å². The van der Waals surface area contributed by atoms with Crippen LogP contribution in [0.25, 0.3) is 33.4 Å². The van der Waals surface area contributed by atoms with E-state index in [2.05, 4.69) is 4.98 Å². The molecule has 0 unspecified atom stereocenters. The number of imidazole rings is 1. The molecule has 1 aromatic carbocycles. The molecule has 3 aromatic heterocycles. The Labute approximate surface area is 155 Å². The number of aliphatic hydroxyl groups is 1. The Morgan fingerprint density at radius 2 is 1.96 bits per heavy atom. The van der Waals surface area contributed by atoms with Crippen LogP contribution in [0.15, 0.2) is 58.6 Å². The third-order valence-electron chi connectivity index (χ3n) is 4.19. The van der Waals surface area contributed by atoms with Gasteiger partial charge in [0.1, 0.15) is 11.5 Å². The standard InChI is InChI=1S/C20H19N3O2S/c1-14-17(22-20(25-14)16-9-5-12-26-16)19-18(15-7-3-2-4-8-15)21-13-23(19)10-6-11-24/h2-5,7-9,12-13,24H,6,10-11H2,1H3. The Bertz CT molecular complexity index is 988. The summed E-state index contributed by atoms with van der Waals surface area (Å²) in [6.07, 6.45) is 2.47. The first-order valence-electron chi connectivity index (χ1n) is 8.51. The number of thiophene rings is 1. The van der Waals surface area contributed by atoms with Crippen molar-refractivity contribution in [2.45, 2.75) is 19.9 Å². The zero-order valence-corrected chi connectivity index (χ0v) is 15.2. The van der Waals surface area contributed by atoms with Crippen LogP contribution in [0.3, 0.4) is 0 Å². The second-order valence-corrected chi connectivity index (χ2v) is 6.93. The smallest absolute Gasteiger partial charge is 0.237 e. The van der Waals surface area contributed by atoms with Crippen molar-refractivity contribution in [3.63, 3.8) is 0 Å². The molecule has 1 N–H and O–H groups in total. The first-order valence-corrected chi connectivity index (χ1v) is 9.39. The molecule has 0 aliphatic heterocycles. The fourth-order valence-corrected chi connectivity index (χ4v) is 3.62. The summed E-state index contributed by atoms with van der Waals surface area (Å²) in [6.45, 7) is 2.74. The zero-order chi connectivity index (χ0) is 17.9. The van der Waals surface area contributed by atoms with Gasteiger partial charge in [-0.15, -0.1) is 11.3 Å². The lowest BCUT2D eigenvalue weighted by Gasteiger charge is -2.08. The van der Waals surface area contributed by atoms with Gasteiger partial charge in [-0.2, -0.15) is 0 Å². The van der Waals surface area contributed by atoms with Gasteiger partial charge in [-0.05, 0) is 24.8 Å². The maximum Gasteiger partial charge on any atom is 0.237 e. The number of rotatable bonds is 6. The van der Waals surface area contributed by atoms with Gasteiger partial charge in [0, 0.05) is 18.7 Å². The van der Waals surface area contributed by atoms with Gasteiger partial charge >= 0.3 is 0 Å². The highest BCUT2D eigenvalue weighted by molar-refractivity contribution is 7.13. The second kappa shape index (κ2) is 7.27. The van der Waals surface area contributed by atoms with Crippen LogP contribution in [0.4, 0.5) is 0 Å². The number of aromatic nitrogens is 3. The summed E-state index contributed by atoms with van der Waals surface area (Å²) < 4.78 is 7.99. The minimum Gasteiger partial charge on any atom is -0.440 e. The fourth-order valence-electron chi connectivity index (χ4n) is 2.97. The maximum atomic E-state index is 9.23. The summed E-state index contributed by atoms with van der Waals surface area (Å²) in [5, 5.41) is 11.2. The van der Waals surface area contributed by atoms with Crippen LogP contribution in [-0.4, -0.2) is 26.2 Å². The number of aliphatic hydroxyl groups excluding tert-OH is 1. The van der Waals surface area contributed by atoms with Crippen molar-refractivity contribution in [1.29, 1.82) is 0 Å². The summed E-state index contributed by atoms with van der Waals surface area (Å²) >= 11 is 1.60. The van der Waals surface area contributed by atoms with E-state index in [1.807, 2.05) is 65.7 Å². The van der Waals surface area contributed by atoms with Gasteiger partial charge in [0.2, 0.25) is 5.89 Å². The van der Waals surface area contributed by atoms with Gasteiger partial charge in [0.05, 0.1) is 22.6 Å². The van der Waals surface area contributed by atoms with Crippen LogP contribution in [0, 0.1) is 6.92 Å². The molecule has 26 heavy (non-hydrogen) atoms. The number of hydrogen-bond donors (Lipinski definition) is 1. The van der Waals surface area contributed by atoms with Crippen molar-refractivity contribution in [2.75, 3.05) is 6.61 Å². The monoisotopic (exact) mass is 365 g/mol. The van der Waals surface area contributed by atoms with Crippen molar-refractivity contribution in [3.8, 4) is 33.4 Å². The molecule has 0 saturated carbocycles. The Morgan fingerprint density at radius 3 is 2.69 bits per heavy atom. The highest BCUT2D eigenvalue weighted by Gasteiger charge is 2.22. The Hall–Kier alpha value is -2.70. The molecule has 3 heterocycles. The van der Waals surface area contributed by atoms with E-state index in [-0.39, 0.29) is 6.61 Å². The van der Waals surface area contributed by atoms with E-state index in [0.717, 1.165) is 33.3 Å².